The second kappa shape index (κ2) is 4.12. The zero-order chi connectivity index (χ0) is 11.6. The van der Waals surface area contributed by atoms with E-state index in [1.165, 1.54) is 5.39 Å². The van der Waals surface area contributed by atoms with Gasteiger partial charge in [-0.2, -0.15) is 0 Å². The van der Waals surface area contributed by atoms with E-state index in [1.54, 1.807) is 0 Å². The third kappa shape index (κ3) is 2.72. The van der Waals surface area contributed by atoms with Crippen LogP contribution in [0, 0.1) is 5.41 Å². The summed E-state index contributed by atoms with van der Waals surface area (Å²) in [7, 11) is 0. The van der Waals surface area contributed by atoms with Crippen molar-refractivity contribution in [3.8, 4) is 0 Å². The molecule has 1 aromatic heterocycles. The lowest BCUT2D eigenvalue weighted by Gasteiger charge is -2.19. The second-order valence-corrected chi connectivity index (χ2v) is 5.30. The van der Waals surface area contributed by atoms with Crippen LogP contribution in [0.4, 0.5) is 5.82 Å². The number of aromatic nitrogens is 1. The zero-order valence-electron chi connectivity index (χ0n) is 10.1. The fourth-order valence-electron chi connectivity index (χ4n) is 1.52. The highest BCUT2D eigenvalue weighted by atomic mass is 15.0. The minimum absolute atomic E-state index is 0.271. The summed E-state index contributed by atoms with van der Waals surface area (Å²) in [5.41, 5.74) is 1.31. The van der Waals surface area contributed by atoms with Crippen molar-refractivity contribution in [3.63, 3.8) is 0 Å². The van der Waals surface area contributed by atoms with Gasteiger partial charge in [0, 0.05) is 11.9 Å². The highest BCUT2D eigenvalue weighted by molar-refractivity contribution is 5.79. The largest absolute Gasteiger partial charge is 0.370 e. The molecule has 0 amide bonds. The average Bonchev–Trinajstić information content (AvgIpc) is 2.25. The molecule has 2 rings (SSSR count). The van der Waals surface area contributed by atoms with Crippen molar-refractivity contribution in [3.05, 3.63) is 36.4 Å². The Kier molecular flexibility index (Phi) is 2.82. The topological polar surface area (TPSA) is 24.9 Å². The number of anilines is 1. The smallest absolute Gasteiger partial charge is 0.126 e. The molecule has 0 atom stereocenters. The van der Waals surface area contributed by atoms with E-state index < -0.39 is 0 Å². The van der Waals surface area contributed by atoms with Crippen LogP contribution < -0.4 is 5.32 Å². The average molecular weight is 214 g/mol. The Labute approximate surface area is 96.7 Å². The Bertz CT molecular complexity index is 483. The Balaban J connectivity index is 2.20. The summed E-state index contributed by atoms with van der Waals surface area (Å²) >= 11 is 0. The molecular formula is C14H18N2. The van der Waals surface area contributed by atoms with E-state index in [0.29, 0.717) is 0 Å². The molecule has 0 saturated heterocycles. The van der Waals surface area contributed by atoms with Crippen molar-refractivity contribution in [1.29, 1.82) is 0 Å². The van der Waals surface area contributed by atoms with Gasteiger partial charge in [-0.05, 0) is 23.6 Å². The van der Waals surface area contributed by atoms with E-state index in [1.807, 2.05) is 24.3 Å². The quantitative estimate of drug-likeness (QED) is 0.824. The van der Waals surface area contributed by atoms with Crippen LogP contribution in [-0.4, -0.2) is 11.5 Å². The van der Waals surface area contributed by atoms with Crippen LogP contribution in [0.3, 0.4) is 0 Å². The highest BCUT2D eigenvalue weighted by Crippen LogP contribution is 2.17. The molecule has 2 heteroatoms. The highest BCUT2D eigenvalue weighted by Gasteiger charge is 2.09. The zero-order valence-corrected chi connectivity index (χ0v) is 10.1. The fraction of sp³-hybridized carbons (Fsp3) is 0.357. The lowest BCUT2D eigenvalue weighted by Crippen LogP contribution is -2.19. The number of rotatable bonds is 2. The summed E-state index contributed by atoms with van der Waals surface area (Å²) in [6.07, 6.45) is 0. The molecule has 2 aromatic rings. The van der Waals surface area contributed by atoms with Gasteiger partial charge in [-0.15, -0.1) is 0 Å². The second-order valence-electron chi connectivity index (χ2n) is 5.30. The van der Waals surface area contributed by atoms with Crippen LogP contribution in [-0.2, 0) is 0 Å². The summed E-state index contributed by atoms with van der Waals surface area (Å²) in [6, 6.07) is 12.3. The number of fused-ring (bicyclic) bond motifs is 1. The standard InChI is InChI=1S/C14H18N2/c1-14(2,3)10-15-13-9-8-11-6-4-5-7-12(11)16-13/h4-9H,10H2,1-3H3,(H,15,16). The van der Waals surface area contributed by atoms with Gasteiger partial charge in [0.1, 0.15) is 5.82 Å². The Hall–Kier alpha value is -1.57. The van der Waals surface area contributed by atoms with Gasteiger partial charge in [0.2, 0.25) is 0 Å². The monoisotopic (exact) mass is 214 g/mol. The Morgan fingerprint density at radius 2 is 1.81 bits per heavy atom. The van der Waals surface area contributed by atoms with Crippen LogP contribution in [0.15, 0.2) is 36.4 Å². The van der Waals surface area contributed by atoms with Crippen LogP contribution in [0.5, 0.6) is 0 Å². The van der Waals surface area contributed by atoms with Crippen LogP contribution >= 0.6 is 0 Å². The molecule has 0 saturated carbocycles. The molecule has 0 aliphatic rings. The SMILES string of the molecule is CC(C)(C)CNc1ccc2ccccc2n1. The molecule has 1 N–H and O–H groups in total. The molecule has 16 heavy (non-hydrogen) atoms. The molecule has 2 nitrogen and oxygen atoms in total. The first-order chi connectivity index (χ1) is 7.54. The van der Waals surface area contributed by atoms with Gasteiger partial charge >= 0.3 is 0 Å². The van der Waals surface area contributed by atoms with Crippen molar-refractivity contribution in [1.82, 2.24) is 4.98 Å². The molecule has 0 aliphatic heterocycles. The number of hydrogen-bond donors (Lipinski definition) is 1. The number of nitrogens with one attached hydrogen (secondary N) is 1. The first kappa shape index (κ1) is 10.9. The van der Waals surface area contributed by atoms with Crippen molar-refractivity contribution in [2.24, 2.45) is 5.41 Å². The lowest BCUT2D eigenvalue weighted by molar-refractivity contribution is 0.442. The molecule has 84 valence electrons. The predicted molar refractivity (Wildman–Crippen MR) is 69.7 cm³/mol. The first-order valence-corrected chi connectivity index (χ1v) is 5.64. The predicted octanol–water partition coefficient (Wildman–Crippen LogP) is 3.69. The maximum atomic E-state index is 4.57. The van der Waals surface area contributed by atoms with E-state index >= 15 is 0 Å². The summed E-state index contributed by atoms with van der Waals surface area (Å²) in [5, 5.41) is 4.55. The maximum Gasteiger partial charge on any atom is 0.126 e. The number of pyridine rings is 1. The van der Waals surface area contributed by atoms with Gasteiger partial charge in [0.05, 0.1) is 5.52 Å². The summed E-state index contributed by atoms with van der Waals surface area (Å²) in [5.74, 6) is 0.952. The lowest BCUT2D eigenvalue weighted by atomic mass is 9.97. The van der Waals surface area contributed by atoms with Gasteiger partial charge in [-0.25, -0.2) is 4.98 Å². The molecule has 0 radical (unpaired) electrons. The van der Waals surface area contributed by atoms with Crippen molar-refractivity contribution in [2.45, 2.75) is 20.8 Å². The van der Waals surface area contributed by atoms with E-state index in [4.69, 9.17) is 0 Å². The molecular weight excluding hydrogens is 196 g/mol. The molecule has 0 unspecified atom stereocenters. The van der Waals surface area contributed by atoms with Crippen molar-refractivity contribution in [2.75, 3.05) is 11.9 Å². The van der Waals surface area contributed by atoms with Gasteiger partial charge in [-0.3, -0.25) is 0 Å². The molecule has 0 fully saturated rings. The Morgan fingerprint density at radius 1 is 1.06 bits per heavy atom. The molecule has 0 spiro atoms. The summed E-state index contributed by atoms with van der Waals surface area (Å²) in [4.78, 5) is 4.57. The minimum Gasteiger partial charge on any atom is -0.370 e. The number of benzene rings is 1. The normalized spacial score (nSPS) is 11.7. The van der Waals surface area contributed by atoms with Gasteiger partial charge < -0.3 is 5.32 Å². The number of para-hydroxylation sites is 1. The maximum absolute atomic E-state index is 4.57. The van der Waals surface area contributed by atoms with E-state index in [-0.39, 0.29) is 5.41 Å². The van der Waals surface area contributed by atoms with Gasteiger partial charge in [-0.1, -0.05) is 39.0 Å². The molecule has 0 aliphatic carbocycles. The summed E-state index contributed by atoms with van der Waals surface area (Å²) < 4.78 is 0. The summed E-state index contributed by atoms with van der Waals surface area (Å²) in [6.45, 7) is 7.56. The minimum atomic E-state index is 0.271. The Morgan fingerprint density at radius 3 is 2.56 bits per heavy atom. The van der Waals surface area contributed by atoms with E-state index in [0.717, 1.165) is 17.9 Å². The van der Waals surface area contributed by atoms with Gasteiger partial charge in [0.25, 0.3) is 0 Å². The van der Waals surface area contributed by atoms with Crippen molar-refractivity contribution >= 4 is 16.7 Å². The molecule has 0 bridgehead atoms. The van der Waals surface area contributed by atoms with Gasteiger partial charge in [0.15, 0.2) is 0 Å². The molecule has 1 heterocycles. The number of nitrogens with zero attached hydrogens (tertiary/aromatic N) is 1. The van der Waals surface area contributed by atoms with Crippen molar-refractivity contribution < 1.29 is 0 Å². The van der Waals surface area contributed by atoms with E-state index in [2.05, 4.69) is 43.2 Å². The third-order valence-corrected chi connectivity index (χ3v) is 2.40. The third-order valence-electron chi connectivity index (χ3n) is 2.40. The first-order valence-electron chi connectivity index (χ1n) is 5.64. The van der Waals surface area contributed by atoms with Crippen LogP contribution in [0.2, 0.25) is 0 Å². The van der Waals surface area contributed by atoms with Crippen LogP contribution in [0.1, 0.15) is 20.8 Å². The fourth-order valence-corrected chi connectivity index (χ4v) is 1.52. The number of hydrogen-bond acceptors (Lipinski definition) is 2. The molecule has 1 aromatic carbocycles. The van der Waals surface area contributed by atoms with E-state index in [9.17, 15) is 0 Å². The van der Waals surface area contributed by atoms with Crippen LogP contribution in [0.25, 0.3) is 10.9 Å².